The van der Waals surface area contributed by atoms with Crippen LogP contribution in [0.5, 0.6) is 5.75 Å². The minimum Gasteiger partial charge on any atom is -0.490 e. The quantitative estimate of drug-likeness (QED) is 0.751. The van der Waals surface area contributed by atoms with E-state index in [2.05, 4.69) is 10.3 Å². The Kier molecular flexibility index (Phi) is 6.51. The Morgan fingerprint density at radius 1 is 1.30 bits per heavy atom. The average molecular weight is 374 g/mol. The zero-order valence-corrected chi connectivity index (χ0v) is 14.6. The van der Waals surface area contributed by atoms with Gasteiger partial charge in [-0.05, 0) is 24.6 Å². The third-order valence-corrected chi connectivity index (χ3v) is 4.06. The maximum Gasteiger partial charge on any atom is 0.251 e. The molecule has 0 aliphatic heterocycles. The van der Waals surface area contributed by atoms with Crippen LogP contribution in [-0.2, 0) is 0 Å². The summed E-state index contributed by atoms with van der Waals surface area (Å²) in [6.07, 6.45) is 2.20. The molecule has 0 saturated heterocycles. The summed E-state index contributed by atoms with van der Waals surface area (Å²) in [7, 11) is 0. The molecule has 2 rings (SSSR count). The number of rotatable bonds is 6. The lowest BCUT2D eigenvalue weighted by molar-refractivity contribution is 0.0920. The molecule has 1 heterocycles. The molecule has 122 valence electrons. The molecule has 4 nitrogen and oxygen atoms in total. The van der Waals surface area contributed by atoms with Crippen LogP contribution in [0.15, 0.2) is 36.5 Å². The third kappa shape index (κ3) is 5.27. The van der Waals surface area contributed by atoms with Crippen LogP contribution in [0.4, 0.5) is 0 Å². The molecule has 1 atom stereocenters. The summed E-state index contributed by atoms with van der Waals surface area (Å²) in [6.45, 7) is 2.25. The highest BCUT2D eigenvalue weighted by molar-refractivity contribution is 6.41. The number of carbonyl (C=O) groups excluding carboxylic acids is 1. The SMILES string of the molecule is CCC(COc1cnc(Cl)c(Cl)c1)NC(=O)c1cccc(Cl)c1. The summed E-state index contributed by atoms with van der Waals surface area (Å²) in [5, 5.41) is 3.96. The number of aromatic nitrogens is 1. The molecule has 0 aliphatic rings. The van der Waals surface area contributed by atoms with Crippen LogP contribution in [0.2, 0.25) is 15.2 Å². The lowest BCUT2D eigenvalue weighted by Gasteiger charge is -2.18. The monoisotopic (exact) mass is 372 g/mol. The Balaban J connectivity index is 1.94. The van der Waals surface area contributed by atoms with Crippen LogP contribution in [0, 0.1) is 0 Å². The molecule has 7 heteroatoms. The molecule has 23 heavy (non-hydrogen) atoms. The molecular weight excluding hydrogens is 359 g/mol. The van der Waals surface area contributed by atoms with Crippen molar-refractivity contribution in [2.24, 2.45) is 0 Å². The van der Waals surface area contributed by atoms with Crippen LogP contribution >= 0.6 is 34.8 Å². The van der Waals surface area contributed by atoms with Crippen molar-refractivity contribution in [3.05, 3.63) is 57.3 Å². The summed E-state index contributed by atoms with van der Waals surface area (Å²) >= 11 is 17.5. The summed E-state index contributed by atoms with van der Waals surface area (Å²) in [5.74, 6) is 0.296. The van der Waals surface area contributed by atoms with E-state index in [-0.39, 0.29) is 17.1 Å². The zero-order chi connectivity index (χ0) is 16.8. The standard InChI is InChI=1S/C16H15Cl3N2O2/c1-2-12(9-23-13-7-14(18)15(19)20-8-13)21-16(22)10-4-3-5-11(17)6-10/h3-8,12H,2,9H2,1H3,(H,21,22). The van der Waals surface area contributed by atoms with Gasteiger partial charge in [-0.25, -0.2) is 4.98 Å². The molecule has 1 aromatic heterocycles. The number of nitrogens with one attached hydrogen (secondary N) is 1. The number of hydrogen-bond acceptors (Lipinski definition) is 3. The molecule has 0 bridgehead atoms. The van der Waals surface area contributed by atoms with Crippen LogP contribution in [0.1, 0.15) is 23.7 Å². The van der Waals surface area contributed by atoms with Gasteiger partial charge >= 0.3 is 0 Å². The Morgan fingerprint density at radius 3 is 2.74 bits per heavy atom. The number of nitrogens with zero attached hydrogens (tertiary/aromatic N) is 1. The highest BCUT2D eigenvalue weighted by Gasteiger charge is 2.13. The Hall–Kier alpha value is -1.49. The summed E-state index contributed by atoms with van der Waals surface area (Å²) in [4.78, 5) is 16.1. The van der Waals surface area contributed by atoms with Crippen molar-refractivity contribution in [1.29, 1.82) is 0 Å². The minimum absolute atomic E-state index is 0.157. The Bertz CT molecular complexity index is 695. The molecule has 0 fully saturated rings. The number of ether oxygens (including phenoxy) is 1. The topological polar surface area (TPSA) is 51.2 Å². The van der Waals surface area contributed by atoms with Crippen LogP contribution in [0.25, 0.3) is 0 Å². The first kappa shape index (κ1) is 17.9. The molecule has 0 spiro atoms. The average Bonchev–Trinajstić information content (AvgIpc) is 2.54. The summed E-state index contributed by atoms with van der Waals surface area (Å²) in [6, 6.07) is 8.20. The first-order chi connectivity index (χ1) is 11.0. The lowest BCUT2D eigenvalue weighted by Crippen LogP contribution is -2.38. The molecule has 1 aromatic carbocycles. The van der Waals surface area contributed by atoms with Crippen molar-refractivity contribution in [3.63, 3.8) is 0 Å². The minimum atomic E-state index is -0.199. The molecule has 2 aromatic rings. The highest BCUT2D eigenvalue weighted by atomic mass is 35.5. The van der Waals surface area contributed by atoms with Crippen LogP contribution < -0.4 is 10.1 Å². The fraction of sp³-hybridized carbons (Fsp3) is 0.250. The van der Waals surface area contributed by atoms with Gasteiger partial charge in [-0.15, -0.1) is 0 Å². The van der Waals surface area contributed by atoms with Gasteiger partial charge in [0.05, 0.1) is 17.3 Å². The van der Waals surface area contributed by atoms with Gasteiger partial charge in [0.2, 0.25) is 0 Å². The van der Waals surface area contributed by atoms with Gasteiger partial charge < -0.3 is 10.1 Å². The van der Waals surface area contributed by atoms with Crippen molar-refractivity contribution in [1.82, 2.24) is 10.3 Å². The van der Waals surface area contributed by atoms with Crippen molar-refractivity contribution in [3.8, 4) is 5.75 Å². The number of pyridine rings is 1. The second-order valence-corrected chi connectivity index (χ2v) is 6.05. The largest absolute Gasteiger partial charge is 0.490 e. The van der Waals surface area contributed by atoms with Gasteiger partial charge in [0.15, 0.2) is 0 Å². The van der Waals surface area contributed by atoms with E-state index in [0.29, 0.717) is 34.4 Å². The van der Waals surface area contributed by atoms with E-state index in [9.17, 15) is 4.79 Å². The van der Waals surface area contributed by atoms with Gasteiger partial charge in [-0.2, -0.15) is 0 Å². The zero-order valence-electron chi connectivity index (χ0n) is 12.4. The molecule has 0 aliphatic carbocycles. The van der Waals surface area contributed by atoms with Crippen molar-refractivity contribution in [2.45, 2.75) is 19.4 Å². The molecule has 1 N–H and O–H groups in total. The predicted octanol–water partition coefficient (Wildman–Crippen LogP) is 4.63. The lowest BCUT2D eigenvalue weighted by atomic mass is 10.2. The van der Waals surface area contributed by atoms with E-state index in [1.807, 2.05) is 6.92 Å². The predicted molar refractivity (Wildman–Crippen MR) is 92.7 cm³/mol. The Morgan fingerprint density at radius 2 is 2.09 bits per heavy atom. The maximum atomic E-state index is 12.2. The number of amides is 1. The second-order valence-electron chi connectivity index (χ2n) is 4.84. The fourth-order valence-corrected chi connectivity index (χ4v) is 2.29. The first-order valence-corrected chi connectivity index (χ1v) is 8.13. The van der Waals surface area contributed by atoms with Crippen molar-refractivity contribution >= 4 is 40.7 Å². The number of halogens is 3. The highest BCUT2D eigenvalue weighted by Crippen LogP contribution is 2.23. The number of carbonyl (C=O) groups is 1. The molecule has 0 saturated carbocycles. The summed E-state index contributed by atoms with van der Waals surface area (Å²) < 4.78 is 5.61. The Labute approximate surface area is 149 Å². The third-order valence-electron chi connectivity index (χ3n) is 3.14. The smallest absolute Gasteiger partial charge is 0.251 e. The first-order valence-electron chi connectivity index (χ1n) is 7.00. The molecular formula is C16H15Cl3N2O2. The van der Waals surface area contributed by atoms with Gasteiger partial charge in [0.25, 0.3) is 5.91 Å². The number of benzene rings is 1. The van der Waals surface area contributed by atoms with E-state index in [1.165, 1.54) is 6.20 Å². The van der Waals surface area contributed by atoms with Gasteiger partial charge in [0, 0.05) is 16.7 Å². The van der Waals surface area contributed by atoms with E-state index in [1.54, 1.807) is 30.3 Å². The van der Waals surface area contributed by atoms with E-state index in [0.717, 1.165) is 0 Å². The normalized spacial score (nSPS) is 11.8. The second kappa shape index (κ2) is 8.39. The maximum absolute atomic E-state index is 12.2. The molecule has 0 radical (unpaired) electrons. The fourth-order valence-electron chi connectivity index (χ4n) is 1.84. The van der Waals surface area contributed by atoms with E-state index < -0.39 is 0 Å². The van der Waals surface area contributed by atoms with Gasteiger partial charge in [-0.1, -0.05) is 47.8 Å². The van der Waals surface area contributed by atoms with E-state index >= 15 is 0 Å². The van der Waals surface area contributed by atoms with Crippen LogP contribution in [0.3, 0.4) is 0 Å². The van der Waals surface area contributed by atoms with Gasteiger partial charge in [0.1, 0.15) is 17.5 Å². The van der Waals surface area contributed by atoms with Crippen molar-refractivity contribution < 1.29 is 9.53 Å². The van der Waals surface area contributed by atoms with Crippen molar-refractivity contribution in [2.75, 3.05) is 6.61 Å². The number of hydrogen-bond donors (Lipinski definition) is 1. The van der Waals surface area contributed by atoms with Gasteiger partial charge in [-0.3, -0.25) is 4.79 Å². The molecule has 1 unspecified atom stereocenters. The van der Waals surface area contributed by atoms with Crippen LogP contribution in [-0.4, -0.2) is 23.5 Å². The van der Waals surface area contributed by atoms with E-state index in [4.69, 9.17) is 39.5 Å². The summed E-state index contributed by atoms with van der Waals surface area (Å²) in [5.41, 5.74) is 0.507. The molecule has 1 amide bonds.